The number of nitrogens with one attached hydrogen (secondary N) is 9. The SMILES string of the molecule is CCCCCCCCNC(=O)NC(=O)C[C@@H]1NC(=O)[C@H](NC(=O)[C@H](N)CC(C)C)[C@H](O)c2ccc(c(Cl)c2)Oc2cc3cc(c2O)Oc2ccc(cc2Cl)[C@@H](O)[C@H]2NC(=O)[C@H](NC(=O)[C@@H]3NC1=O)c1ccc(O)c(c1)-c1c(O)cc(O)cc1[C@@H](C(=O)NC1C3CC4CC(C3)CC1C4)NC2=O. The third-order valence-electron chi connectivity index (χ3n) is 19.6. The number of imide groups is 1. The second-order valence-electron chi connectivity index (χ2n) is 27.4. The zero-order valence-electron chi connectivity index (χ0n) is 55.1. The maximum absolute atomic E-state index is 15.9. The van der Waals surface area contributed by atoms with E-state index in [1.54, 1.807) is 13.8 Å². The Bertz CT molecular complexity index is 4020. The van der Waals surface area contributed by atoms with Crippen LogP contribution in [0.5, 0.6) is 46.0 Å². The molecule has 5 heterocycles. The van der Waals surface area contributed by atoms with Gasteiger partial charge in [-0.3, -0.25) is 43.7 Å². The fourth-order valence-corrected chi connectivity index (χ4v) is 15.3. The maximum Gasteiger partial charge on any atom is 0.321 e. The van der Waals surface area contributed by atoms with Crippen molar-refractivity contribution < 1.29 is 83.3 Å². The van der Waals surface area contributed by atoms with Crippen LogP contribution in [0.4, 0.5) is 4.79 Å². The van der Waals surface area contributed by atoms with Crippen molar-refractivity contribution in [3.63, 3.8) is 0 Å². The summed E-state index contributed by atoms with van der Waals surface area (Å²) in [7, 11) is 0. The average Bonchev–Trinajstić information content (AvgIpc) is 0.763. The number of phenols is 4. The highest BCUT2D eigenvalue weighted by Gasteiger charge is 2.50. The number of phenolic OH excluding ortho intramolecular Hbond substituents is 4. The van der Waals surface area contributed by atoms with Crippen molar-refractivity contribution in [2.75, 3.05) is 6.54 Å². The molecule has 17 N–H and O–H groups in total. The van der Waals surface area contributed by atoms with Crippen LogP contribution in [-0.2, 0) is 38.4 Å². The van der Waals surface area contributed by atoms with E-state index >= 15 is 24.0 Å². The Hall–Kier alpha value is -9.41. The molecule has 100 heavy (non-hydrogen) atoms. The number of urea groups is 1. The molecular formula is C71H82Cl2N10O17. The fourth-order valence-electron chi connectivity index (χ4n) is 14.9. The van der Waals surface area contributed by atoms with E-state index in [0.29, 0.717) is 18.3 Å². The van der Waals surface area contributed by atoms with E-state index < -0.39 is 149 Å². The van der Waals surface area contributed by atoms with Crippen LogP contribution in [0.3, 0.4) is 0 Å². The Labute approximate surface area is 585 Å². The molecule has 5 aromatic rings. The first-order valence-corrected chi connectivity index (χ1v) is 34.5. The number of halogens is 2. The number of aliphatic hydroxyl groups is 2. The molecule has 15 bridgehead atoms. The highest BCUT2D eigenvalue weighted by atomic mass is 35.5. The van der Waals surface area contributed by atoms with Gasteiger partial charge in [0, 0.05) is 29.8 Å². The number of aromatic hydroxyl groups is 4. The van der Waals surface area contributed by atoms with E-state index in [9.17, 15) is 49.8 Å². The highest BCUT2D eigenvalue weighted by Crippen LogP contribution is 2.54. The average molecular weight is 1420 g/mol. The number of hydrogen-bond acceptors (Lipinski definition) is 18. The first kappa shape index (κ1) is 71.9. The van der Waals surface area contributed by atoms with E-state index in [1.807, 2.05) is 0 Å². The van der Waals surface area contributed by atoms with Gasteiger partial charge in [0.1, 0.15) is 77.2 Å². The molecule has 4 aliphatic carbocycles. The molecule has 27 nitrogen and oxygen atoms in total. The van der Waals surface area contributed by atoms with E-state index in [0.717, 1.165) is 94.5 Å². The molecular weight excluding hydrogens is 1340 g/mol. The predicted molar refractivity (Wildman–Crippen MR) is 362 cm³/mol. The second kappa shape index (κ2) is 30.6. The lowest BCUT2D eigenvalue weighted by molar-refractivity contribution is -0.138. The minimum Gasteiger partial charge on any atom is -0.508 e. The number of nitrogens with two attached hydrogens (primary N) is 1. The Balaban J connectivity index is 1.05. The smallest absolute Gasteiger partial charge is 0.321 e. The summed E-state index contributed by atoms with van der Waals surface area (Å²) in [4.78, 5) is 134. The molecule has 0 radical (unpaired) electrons. The first-order valence-electron chi connectivity index (χ1n) is 33.7. The number of aliphatic hydroxyl groups excluding tert-OH is 2. The minimum absolute atomic E-state index is 0.110. The molecule has 9 atom stereocenters. The van der Waals surface area contributed by atoms with Crippen molar-refractivity contribution in [2.45, 2.75) is 165 Å². The summed E-state index contributed by atoms with van der Waals surface area (Å²) in [5, 5.41) is 94.4. The number of carbonyl (C=O) groups is 9. The summed E-state index contributed by atoms with van der Waals surface area (Å²) in [6.07, 6.45) is 4.84. The van der Waals surface area contributed by atoms with Gasteiger partial charge in [-0.25, -0.2) is 4.79 Å². The molecule has 0 aromatic heterocycles. The number of unbranched alkanes of at least 4 members (excludes halogenated alkanes) is 5. The Morgan fingerprint density at radius 1 is 0.610 bits per heavy atom. The van der Waals surface area contributed by atoms with Crippen LogP contribution >= 0.6 is 23.2 Å². The summed E-state index contributed by atoms with van der Waals surface area (Å²) in [6.45, 7) is 5.82. The molecule has 14 rings (SSSR count). The van der Waals surface area contributed by atoms with Crippen LogP contribution in [0, 0.1) is 29.6 Å². The normalized spacial score (nSPS) is 25.7. The zero-order valence-corrected chi connectivity index (χ0v) is 56.6. The van der Waals surface area contributed by atoms with Crippen LogP contribution in [0.25, 0.3) is 11.1 Å². The summed E-state index contributed by atoms with van der Waals surface area (Å²) < 4.78 is 12.5. The molecule has 0 spiro atoms. The van der Waals surface area contributed by atoms with Gasteiger partial charge in [-0.05, 0) is 157 Å². The van der Waals surface area contributed by atoms with Gasteiger partial charge in [-0.15, -0.1) is 0 Å². The van der Waals surface area contributed by atoms with Crippen molar-refractivity contribution in [3.05, 3.63) is 117 Å². The molecule has 10 amide bonds. The van der Waals surface area contributed by atoms with Crippen molar-refractivity contribution in [2.24, 2.45) is 35.3 Å². The Morgan fingerprint density at radius 3 is 1.83 bits per heavy atom. The Morgan fingerprint density at radius 2 is 1.20 bits per heavy atom. The van der Waals surface area contributed by atoms with Gasteiger partial charge in [0.2, 0.25) is 53.0 Å². The molecule has 5 aliphatic heterocycles. The third-order valence-corrected chi connectivity index (χ3v) is 20.2. The van der Waals surface area contributed by atoms with Crippen LogP contribution < -0.4 is 63.1 Å². The standard InChI is InChI=1S/C71H82Cl2N10O17/c1-4-5-6-7-8-9-16-75-71(98)77-53(87)30-46-65(92)79-57-39-26-51(99-49-14-11-35(24-43(49)72)61(88)59(69(96)76-46)82-64(91)45(74)17-31(2)3)63(90)52(27-39)100-50-15-12-36(25-44(50)73)62(89)60-70(97)81-58(68(95)78-55-37-19-32-18-33(21-37)22-38(55)20-32)42-28-40(84)29-48(86)54(42)41-23-34(10-13-47(41)85)56(66(93)83-60)80-67(57)94/h10-15,23-29,31-33,37-38,45-46,55-62,84-86,88-90H,4-9,16-22,30,74H2,1-3H3,(H,76,96)(H,78,95)(H,79,92)(H,80,94)(H,81,97)(H,82,91)(H,83,93)(H2,75,77,87,98)/t32?,33?,37?,38?,45-,46+,55?,56-,57-,58+,59-,60-,61-,62-/m1/s1. The number of benzene rings is 5. The lowest BCUT2D eigenvalue weighted by Crippen LogP contribution is -2.59. The number of carbonyl (C=O) groups excluding carboxylic acids is 9. The van der Waals surface area contributed by atoms with E-state index in [2.05, 4.69) is 54.8 Å². The summed E-state index contributed by atoms with van der Waals surface area (Å²) in [6, 6.07) is -0.0508. The van der Waals surface area contributed by atoms with Crippen molar-refractivity contribution >= 4 is 76.5 Å². The van der Waals surface area contributed by atoms with Crippen LogP contribution in [0.2, 0.25) is 10.0 Å². The monoisotopic (exact) mass is 1420 g/mol. The Kier molecular flexibility index (Phi) is 22.0. The molecule has 0 saturated heterocycles. The van der Waals surface area contributed by atoms with Gasteiger partial charge in [0.25, 0.3) is 0 Å². The van der Waals surface area contributed by atoms with Crippen molar-refractivity contribution in [1.29, 1.82) is 0 Å². The fraction of sp³-hybridized carbons (Fsp3) is 0.451. The topological polar surface area (TPSA) is 428 Å². The van der Waals surface area contributed by atoms with Crippen LogP contribution in [0.1, 0.15) is 162 Å². The van der Waals surface area contributed by atoms with E-state index in [4.69, 9.17) is 38.4 Å². The van der Waals surface area contributed by atoms with Crippen LogP contribution in [0.15, 0.2) is 78.9 Å². The van der Waals surface area contributed by atoms with Gasteiger partial charge >= 0.3 is 6.03 Å². The lowest BCUT2D eigenvalue weighted by Gasteiger charge is -2.54. The van der Waals surface area contributed by atoms with Gasteiger partial charge in [0.15, 0.2) is 11.5 Å². The second-order valence-corrected chi connectivity index (χ2v) is 28.2. The van der Waals surface area contributed by atoms with Gasteiger partial charge in [-0.2, -0.15) is 0 Å². The largest absolute Gasteiger partial charge is 0.508 e. The molecule has 5 aromatic carbocycles. The number of hydrogen-bond donors (Lipinski definition) is 16. The van der Waals surface area contributed by atoms with Crippen molar-refractivity contribution in [1.82, 2.24) is 47.9 Å². The summed E-state index contributed by atoms with van der Waals surface area (Å²) in [5.74, 6) is -12.6. The summed E-state index contributed by atoms with van der Waals surface area (Å²) >= 11 is 13.8. The first-order chi connectivity index (χ1) is 47.7. The third kappa shape index (κ3) is 15.9. The number of ether oxygens (including phenoxy) is 2. The van der Waals surface area contributed by atoms with E-state index in [-0.39, 0.29) is 97.2 Å². The van der Waals surface area contributed by atoms with Gasteiger partial charge < -0.3 is 88.4 Å². The van der Waals surface area contributed by atoms with Gasteiger partial charge in [-0.1, -0.05) is 94.3 Å². The number of amides is 10. The number of fused-ring (bicyclic) bond motifs is 15. The quantitative estimate of drug-likeness (QED) is 0.0485. The molecule has 4 fully saturated rings. The zero-order chi connectivity index (χ0) is 71.5. The summed E-state index contributed by atoms with van der Waals surface area (Å²) in [5.41, 5.74) is 4.56. The minimum atomic E-state index is -2.22. The maximum atomic E-state index is 15.9. The predicted octanol–water partition coefficient (Wildman–Crippen LogP) is 6.69. The molecule has 4 saturated carbocycles. The highest BCUT2D eigenvalue weighted by molar-refractivity contribution is 6.32. The van der Waals surface area contributed by atoms with Crippen LogP contribution in [-0.4, -0.2) is 121 Å². The lowest BCUT2D eigenvalue weighted by atomic mass is 9.54. The molecule has 9 aliphatic rings. The molecule has 532 valence electrons. The van der Waals surface area contributed by atoms with E-state index in [1.165, 1.54) is 48.5 Å². The molecule has 0 unspecified atom stereocenters. The van der Waals surface area contributed by atoms with Crippen molar-refractivity contribution in [3.8, 4) is 57.1 Å². The molecule has 29 heteroatoms. The van der Waals surface area contributed by atoms with Gasteiger partial charge in [0.05, 0.1) is 22.5 Å². The number of rotatable bonds is 15.